The number of ether oxygens (including phenoxy) is 1. The Morgan fingerprint density at radius 2 is 2.14 bits per heavy atom. The second kappa shape index (κ2) is 9.70. The van der Waals surface area contributed by atoms with E-state index < -0.39 is 0 Å². The Kier molecular flexibility index (Phi) is 6.79. The van der Waals surface area contributed by atoms with Crippen LogP contribution in [0.15, 0.2) is 46.7 Å². The summed E-state index contributed by atoms with van der Waals surface area (Å²) in [4.78, 5) is 4.30. The molecule has 0 amide bonds. The van der Waals surface area contributed by atoms with Gasteiger partial charge in [0, 0.05) is 31.0 Å². The Balaban J connectivity index is 1.56. The normalized spacial score (nSPS) is 15.9. The van der Waals surface area contributed by atoms with Crippen molar-refractivity contribution in [2.24, 2.45) is 11.5 Å². The maximum Gasteiger partial charge on any atom is 0.210 e. The molecule has 1 saturated carbocycles. The fourth-order valence-electron chi connectivity index (χ4n) is 3.18. The molecule has 2 heterocycles. The van der Waals surface area contributed by atoms with Crippen LogP contribution in [0, 0.1) is 11.8 Å². The van der Waals surface area contributed by atoms with Gasteiger partial charge in [-0.2, -0.15) is 0 Å². The second-order valence-corrected chi connectivity index (χ2v) is 6.83. The van der Waals surface area contributed by atoms with E-state index in [1.54, 1.807) is 24.4 Å². The molecule has 0 aliphatic heterocycles. The number of hydrogen-bond donors (Lipinski definition) is 2. The number of nitrogens with zero attached hydrogens (tertiary/aromatic N) is 3. The predicted molar refractivity (Wildman–Crippen MR) is 107 cm³/mol. The molecular weight excluding hydrogens is 354 g/mol. The van der Waals surface area contributed by atoms with Crippen LogP contribution in [-0.4, -0.2) is 20.8 Å². The molecule has 1 fully saturated rings. The lowest BCUT2D eigenvalue weighted by molar-refractivity contribution is 0.0808. The van der Waals surface area contributed by atoms with Crippen LogP contribution in [0.3, 0.4) is 0 Å². The van der Waals surface area contributed by atoms with Gasteiger partial charge in [-0.3, -0.25) is 0 Å². The SMILES string of the molecule is CCc1nccn1Cc1cc(C#C/C(N)=C/C=C(\N)OC2CCCCC2)on1. The Labute approximate surface area is 165 Å². The van der Waals surface area contributed by atoms with Crippen LogP contribution in [0.4, 0.5) is 0 Å². The van der Waals surface area contributed by atoms with Gasteiger partial charge in [-0.05, 0) is 43.6 Å². The van der Waals surface area contributed by atoms with E-state index in [1.807, 2.05) is 10.8 Å². The van der Waals surface area contributed by atoms with E-state index in [-0.39, 0.29) is 6.10 Å². The molecule has 28 heavy (non-hydrogen) atoms. The summed E-state index contributed by atoms with van der Waals surface area (Å²) in [6.07, 6.45) is 13.8. The zero-order chi connectivity index (χ0) is 19.8. The molecule has 0 aromatic carbocycles. The van der Waals surface area contributed by atoms with Crippen molar-refractivity contribution < 1.29 is 9.26 Å². The maximum atomic E-state index is 5.91. The van der Waals surface area contributed by atoms with E-state index in [0.29, 0.717) is 23.9 Å². The van der Waals surface area contributed by atoms with Gasteiger partial charge in [0.1, 0.15) is 17.6 Å². The zero-order valence-electron chi connectivity index (χ0n) is 16.2. The summed E-state index contributed by atoms with van der Waals surface area (Å²) in [5.74, 6) is 7.53. The minimum atomic E-state index is 0.210. The van der Waals surface area contributed by atoms with Crippen LogP contribution in [0.1, 0.15) is 56.3 Å². The highest BCUT2D eigenvalue weighted by Crippen LogP contribution is 2.21. The Bertz CT molecular complexity index is 891. The summed E-state index contributed by atoms with van der Waals surface area (Å²) in [6, 6.07) is 1.80. The topological polar surface area (TPSA) is 105 Å². The van der Waals surface area contributed by atoms with Crippen LogP contribution in [0.2, 0.25) is 0 Å². The van der Waals surface area contributed by atoms with Crippen molar-refractivity contribution in [2.45, 2.75) is 58.1 Å². The first kappa shape index (κ1) is 19.6. The molecule has 4 N–H and O–H groups in total. The maximum absolute atomic E-state index is 5.91. The van der Waals surface area contributed by atoms with Crippen LogP contribution < -0.4 is 11.5 Å². The number of nitrogens with two attached hydrogens (primary N) is 2. The highest BCUT2D eigenvalue weighted by Gasteiger charge is 2.14. The Hall–Kier alpha value is -3.14. The van der Waals surface area contributed by atoms with Gasteiger partial charge >= 0.3 is 0 Å². The third-order valence-corrected chi connectivity index (χ3v) is 4.62. The minimum absolute atomic E-state index is 0.210. The summed E-state index contributed by atoms with van der Waals surface area (Å²) in [6.45, 7) is 2.66. The molecular formula is C21H27N5O2. The summed E-state index contributed by atoms with van der Waals surface area (Å²) in [5.41, 5.74) is 13.0. The van der Waals surface area contributed by atoms with Gasteiger partial charge in [-0.25, -0.2) is 4.98 Å². The highest BCUT2D eigenvalue weighted by atomic mass is 16.5. The lowest BCUT2D eigenvalue weighted by Gasteiger charge is -2.22. The predicted octanol–water partition coefficient (Wildman–Crippen LogP) is 2.83. The molecule has 2 aromatic heterocycles. The third-order valence-electron chi connectivity index (χ3n) is 4.62. The van der Waals surface area contributed by atoms with Gasteiger partial charge in [-0.15, -0.1) is 0 Å². The molecule has 0 saturated heterocycles. The first-order valence-corrected chi connectivity index (χ1v) is 9.71. The average Bonchev–Trinajstić information content (AvgIpc) is 3.35. The van der Waals surface area contributed by atoms with Crippen molar-refractivity contribution in [3.63, 3.8) is 0 Å². The van der Waals surface area contributed by atoms with Gasteiger partial charge in [0.25, 0.3) is 0 Å². The lowest BCUT2D eigenvalue weighted by atomic mass is 9.98. The summed E-state index contributed by atoms with van der Waals surface area (Å²) in [5, 5.41) is 4.05. The molecule has 148 valence electrons. The number of aromatic nitrogens is 3. The van der Waals surface area contributed by atoms with Crippen molar-refractivity contribution in [2.75, 3.05) is 0 Å². The van der Waals surface area contributed by atoms with Crippen LogP contribution in [0.25, 0.3) is 0 Å². The summed E-state index contributed by atoms with van der Waals surface area (Å²) in [7, 11) is 0. The molecule has 2 aromatic rings. The van der Waals surface area contributed by atoms with Gasteiger partial charge in [-0.1, -0.05) is 18.5 Å². The highest BCUT2D eigenvalue weighted by molar-refractivity contribution is 5.36. The lowest BCUT2D eigenvalue weighted by Crippen LogP contribution is -2.19. The molecule has 0 spiro atoms. The van der Waals surface area contributed by atoms with E-state index in [2.05, 4.69) is 28.9 Å². The van der Waals surface area contributed by atoms with E-state index in [1.165, 1.54) is 19.3 Å². The summed E-state index contributed by atoms with van der Waals surface area (Å²) < 4.78 is 13.0. The van der Waals surface area contributed by atoms with E-state index in [0.717, 1.165) is 30.8 Å². The number of imidazole rings is 1. The van der Waals surface area contributed by atoms with Crippen LogP contribution in [0.5, 0.6) is 0 Å². The largest absolute Gasteiger partial charge is 0.476 e. The van der Waals surface area contributed by atoms with Crippen LogP contribution in [-0.2, 0) is 17.7 Å². The zero-order valence-corrected chi connectivity index (χ0v) is 16.2. The quantitative estimate of drug-likeness (QED) is 0.453. The average molecular weight is 381 g/mol. The van der Waals surface area contributed by atoms with Gasteiger partial charge in [0.05, 0.1) is 12.2 Å². The summed E-state index contributed by atoms with van der Waals surface area (Å²) >= 11 is 0. The Morgan fingerprint density at radius 1 is 1.32 bits per heavy atom. The molecule has 0 atom stereocenters. The van der Waals surface area contributed by atoms with Gasteiger partial charge in [0.2, 0.25) is 5.76 Å². The Morgan fingerprint density at radius 3 is 2.93 bits per heavy atom. The first-order valence-electron chi connectivity index (χ1n) is 9.71. The van der Waals surface area contributed by atoms with Gasteiger partial charge < -0.3 is 25.3 Å². The van der Waals surface area contributed by atoms with Crippen molar-refractivity contribution >= 4 is 0 Å². The standard InChI is InChI=1S/C21H27N5O2/c1-2-21-24-12-13-26(21)15-17-14-19(28-25-17)10-8-16(22)9-11-20(23)27-18-6-4-3-5-7-18/h9,11-14,18H,2-7,15,22-23H2,1H3/b16-9-,20-11+. The first-order chi connectivity index (χ1) is 13.6. The van der Waals surface area contributed by atoms with Crippen molar-refractivity contribution in [1.82, 2.24) is 14.7 Å². The number of allylic oxidation sites excluding steroid dienone is 3. The van der Waals surface area contributed by atoms with Crippen LogP contribution >= 0.6 is 0 Å². The van der Waals surface area contributed by atoms with E-state index >= 15 is 0 Å². The number of rotatable bonds is 6. The van der Waals surface area contributed by atoms with Crippen molar-refractivity contribution in [3.05, 3.63) is 59.5 Å². The van der Waals surface area contributed by atoms with Crippen molar-refractivity contribution in [1.29, 1.82) is 0 Å². The minimum Gasteiger partial charge on any atom is -0.476 e. The molecule has 0 bridgehead atoms. The monoisotopic (exact) mass is 381 g/mol. The number of aryl methyl sites for hydroxylation is 1. The molecule has 1 aliphatic carbocycles. The fourth-order valence-corrected chi connectivity index (χ4v) is 3.18. The van der Waals surface area contributed by atoms with Crippen molar-refractivity contribution in [3.8, 4) is 11.8 Å². The molecule has 7 heteroatoms. The molecule has 3 rings (SSSR count). The van der Waals surface area contributed by atoms with E-state index in [9.17, 15) is 0 Å². The molecule has 0 radical (unpaired) electrons. The number of hydrogen-bond acceptors (Lipinski definition) is 6. The third kappa shape index (κ3) is 5.68. The second-order valence-electron chi connectivity index (χ2n) is 6.83. The fraction of sp³-hybridized carbons (Fsp3) is 0.429. The molecule has 7 nitrogen and oxygen atoms in total. The molecule has 1 aliphatic rings. The van der Waals surface area contributed by atoms with Gasteiger partial charge in [0.15, 0.2) is 5.88 Å². The smallest absolute Gasteiger partial charge is 0.210 e. The molecule has 0 unspecified atom stereocenters. The van der Waals surface area contributed by atoms with E-state index in [4.69, 9.17) is 20.7 Å².